The first kappa shape index (κ1) is 49.0. The molecular formula is C53H77N5O7. The van der Waals surface area contributed by atoms with Gasteiger partial charge in [0.1, 0.15) is 0 Å². The summed E-state index contributed by atoms with van der Waals surface area (Å²) >= 11 is 0. The van der Waals surface area contributed by atoms with E-state index in [1.165, 1.54) is 82.6 Å². The lowest BCUT2D eigenvalue weighted by atomic mass is 9.77. The zero-order valence-corrected chi connectivity index (χ0v) is 39.5. The highest BCUT2D eigenvalue weighted by atomic mass is 16.5. The van der Waals surface area contributed by atoms with Gasteiger partial charge in [0, 0.05) is 19.0 Å². The van der Waals surface area contributed by atoms with Crippen LogP contribution in [0, 0.1) is 115 Å². The van der Waals surface area contributed by atoms with Crippen molar-refractivity contribution in [2.75, 3.05) is 26.3 Å². The van der Waals surface area contributed by atoms with E-state index < -0.39 is 11.4 Å². The monoisotopic (exact) mass is 896 g/mol. The van der Waals surface area contributed by atoms with Gasteiger partial charge < -0.3 is 25.6 Å². The van der Waals surface area contributed by atoms with E-state index >= 15 is 0 Å². The molecule has 65 heavy (non-hydrogen) atoms. The number of nitrogens with two attached hydrogens (primary N) is 1. The third kappa shape index (κ3) is 11.4. The number of aliphatic carboxylic acids is 1. The SMILES string of the molecule is CCOC(=O)C=C1C[C@H]2CC[C@H]2C1.CCOC(=O)CC1(C#N)C[C@H]2CC[C@H]2C1.N#CCC1(C#N)C[C@H]2CC[C@H]2C1.NCC1(CC(=O)O)C[C@H]2CC[C@H]2C1.O=C1CC2(CN1)C[C@H]1CC[C@H]1C2. The molecule has 1 spiro atoms. The molecule has 0 bridgehead atoms. The van der Waals surface area contributed by atoms with Crippen molar-refractivity contribution in [1.29, 1.82) is 15.8 Å². The Morgan fingerprint density at radius 3 is 1.49 bits per heavy atom. The number of hydrogen-bond donors (Lipinski definition) is 3. The second-order valence-corrected chi connectivity index (χ2v) is 22.9. The summed E-state index contributed by atoms with van der Waals surface area (Å²) < 4.78 is 9.81. The summed E-state index contributed by atoms with van der Waals surface area (Å²) in [7, 11) is 0. The minimum absolute atomic E-state index is 0.0579. The van der Waals surface area contributed by atoms with Crippen LogP contribution in [-0.4, -0.2) is 55.2 Å². The quantitative estimate of drug-likeness (QED) is 0.146. The Bertz CT molecular complexity index is 1850. The van der Waals surface area contributed by atoms with E-state index in [1.54, 1.807) is 13.0 Å². The first-order valence-corrected chi connectivity index (χ1v) is 25.6. The van der Waals surface area contributed by atoms with E-state index in [9.17, 15) is 24.4 Å². The van der Waals surface area contributed by atoms with Crippen LogP contribution in [0.5, 0.6) is 0 Å². The molecule has 12 nitrogen and oxygen atoms in total. The molecule has 1 aliphatic heterocycles. The van der Waals surface area contributed by atoms with Gasteiger partial charge in [-0.05, 0) is 219 Å². The Morgan fingerprint density at radius 1 is 0.677 bits per heavy atom. The molecule has 1 heterocycles. The van der Waals surface area contributed by atoms with Gasteiger partial charge in [-0.2, -0.15) is 15.8 Å². The third-order valence-corrected chi connectivity index (χ3v) is 18.8. The number of ether oxygens (including phenoxy) is 2. The fourth-order valence-corrected chi connectivity index (χ4v) is 14.6. The highest BCUT2D eigenvalue weighted by Crippen LogP contribution is 2.59. The maximum absolute atomic E-state index is 11.4. The van der Waals surface area contributed by atoms with Gasteiger partial charge in [0.25, 0.3) is 0 Å². The lowest BCUT2D eigenvalue weighted by Gasteiger charge is -2.29. The molecule has 10 saturated carbocycles. The van der Waals surface area contributed by atoms with E-state index in [0.29, 0.717) is 49.9 Å². The van der Waals surface area contributed by atoms with Gasteiger partial charge in [-0.3, -0.25) is 14.4 Å². The Balaban J connectivity index is 0.000000121. The van der Waals surface area contributed by atoms with Gasteiger partial charge in [0.05, 0.1) is 61.5 Å². The molecule has 10 aliphatic carbocycles. The van der Waals surface area contributed by atoms with Crippen LogP contribution in [0.3, 0.4) is 0 Å². The van der Waals surface area contributed by atoms with Crippen molar-refractivity contribution in [2.24, 2.45) is 86.6 Å². The van der Waals surface area contributed by atoms with E-state index in [0.717, 1.165) is 112 Å². The van der Waals surface area contributed by atoms with Gasteiger partial charge in [0.15, 0.2) is 0 Å². The molecule has 12 heteroatoms. The lowest BCUT2D eigenvalue weighted by molar-refractivity contribution is -0.145. The smallest absolute Gasteiger partial charge is 0.330 e. The fourth-order valence-electron chi connectivity index (χ4n) is 14.6. The second kappa shape index (κ2) is 20.9. The summed E-state index contributed by atoms with van der Waals surface area (Å²) in [4.78, 5) is 44.4. The minimum atomic E-state index is -0.688. The van der Waals surface area contributed by atoms with E-state index in [4.69, 9.17) is 30.8 Å². The van der Waals surface area contributed by atoms with Crippen molar-refractivity contribution >= 4 is 23.8 Å². The van der Waals surface area contributed by atoms with Crippen LogP contribution in [0.1, 0.15) is 168 Å². The van der Waals surface area contributed by atoms with Crippen LogP contribution in [0.15, 0.2) is 11.6 Å². The molecule has 11 aliphatic rings. The van der Waals surface area contributed by atoms with Crippen LogP contribution >= 0.6 is 0 Å². The molecule has 4 unspecified atom stereocenters. The molecule has 0 aromatic rings. The average Bonchev–Trinajstić information content (AvgIpc) is 4.03. The zero-order chi connectivity index (χ0) is 46.4. The Hall–Kier alpha value is -3.95. The van der Waals surface area contributed by atoms with Crippen LogP contribution in [0.25, 0.3) is 0 Å². The standard InChI is InChI=1S/C12H17NO2.C11H16O2.C10H12N2.C10H17NO2.C10H15NO/c1-2-15-11(14)7-12(8-13)5-9-3-4-10(9)6-12;1-2-13-11(12)7-8-5-9-3-4-10(9)6-8;11-4-3-10(7-12)5-8-1-2-9(8)6-10;11-6-10(5-9(12)13)3-7-1-2-8(7)4-10;12-9-5-10(6-11-9)3-7-1-2-8(7)4-10/h9-10H,2-7H2,1H3;7,9-10H,2-6H2,1H3;8-9H,1-3,5-6H2;7-8H,1-6,11H2,(H,12,13);7-8H,1-6H2,(H,11,12)/t9-,10+,12?;9-,10+;8-,9+,10?;2*7-,8+,10?. The molecule has 0 aromatic carbocycles. The predicted octanol–water partition coefficient (Wildman–Crippen LogP) is 9.33. The molecule has 14 atom stereocenters. The number of nitrogens with one attached hydrogen (secondary N) is 1. The molecule has 11 fully saturated rings. The maximum atomic E-state index is 11.4. The lowest BCUT2D eigenvalue weighted by Crippen LogP contribution is -2.30. The average molecular weight is 896 g/mol. The summed E-state index contributed by atoms with van der Waals surface area (Å²) in [6.45, 7) is 6.05. The number of fused-ring (bicyclic) bond motifs is 5. The summed E-state index contributed by atoms with van der Waals surface area (Å²) in [5.74, 6) is 7.54. The Morgan fingerprint density at radius 2 is 1.12 bits per heavy atom. The van der Waals surface area contributed by atoms with E-state index in [2.05, 4.69) is 23.5 Å². The highest BCUT2D eigenvalue weighted by Gasteiger charge is 2.53. The number of esters is 2. The zero-order valence-electron chi connectivity index (χ0n) is 39.5. The number of carboxylic acids is 1. The maximum Gasteiger partial charge on any atom is 0.330 e. The number of amides is 1. The van der Waals surface area contributed by atoms with E-state index in [-0.39, 0.29) is 35.1 Å². The highest BCUT2D eigenvalue weighted by molar-refractivity contribution is 5.83. The molecule has 1 saturated heterocycles. The van der Waals surface area contributed by atoms with Crippen molar-refractivity contribution in [3.63, 3.8) is 0 Å². The van der Waals surface area contributed by atoms with Gasteiger partial charge in [0.2, 0.25) is 5.91 Å². The fraction of sp³-hybridized carbons (Fsp3) is 0.830. The van der Waals surface area contributed by atoms with Crippen molar-refractivity contribution in [3.8, 4) is 18.2 Å². The largest absolute Gasteiger partial charge is 0.481 e. The van der Waals surface area contributed by atoms with Gasteiger partial charge in [-0.15, -0.1) is 0 Å². The second-order valence-electron chi connectivity index (χ2n) is 22.9. The molecule has 1 amide bonds. The summed E-state index contributed by atoms with van der Waals surface area (Å²) in [5.41, 5.74) is 6.70. The van der Waals surface area contributed by atoms with Crippen molar-refractivity contribution in [3.05, 3.63) is 11.6 Å². The number of carboxylic acid groups (broad SMARTS) is 1. The van der Waals surface area contributed by atoms with Crippen LogP contribution < -0.4 is 11.1 Å². The number of allylic oxidation sites excluding steroid dienone is 1. The summed E-state index contributed by atoms with van der Waals surface area (Å²) in [6, 6.07) is 6.87. The number of hydrogen-bond acceptors (Lipinski definition) is 10. The minimum Gasteiger partial charge on any atom is -0.481 e. The molecule has 356 valence electrons. The molecule has 4 N–H and O–H groups in total. The molecule has 11 rings (SSSR count). The number of carbonyl (C=O) groups is 4. The Labute approximate surface area is 388 Å². The van der Waals surface area contributed by atoms with Crippen LogP contribution in [0.2, 0.25) is 0 Å². The first-order valence-electron chi connectivity index (χ1n) is 25.6. The molecule has 0 radical (unpaired) electrons. The number of nitrogens with zero attached hydrogens (tertiary/aromatic N) is 3. The number of carbonyl (C=O) groups excluding carboxylic acids is 3. The predicted molar refractivity (Wildman–Crippen MR) is 243 cm³/mol. The topological polar surface area (TPSA) is 216 Å². The van der Waals surface area contributed by atoms with Crippen LogP contribution in [-0.2, 0) is 28.7 Å². The summed E-state index contributed by atoms with van der Waals surface area (Å²) in [6.07, 6.45) is 27.7. The molecule has 0 aromatic heterocycles. The first-order chi connectivity index (χ1) is 31.2. The van der Waals surface area contributed by atoms with Crippen LogP contribution in [0.4, 0.5) is 0 Å². The molecular weight excluding hydrogens is 819 g/mol. The number of nitriles is 3. The van der Waals surface area contributed by atoms with Crippen molar-refractivity contribution in [1.82, 2.24) is 5.32 Å². The summed E-state index contributed by atoms with van der Waals surface area (Å²) in [5, 5.41) is 38.7. The van der Waals surface area contributed by atoms with Crippen molar-refractivity contribution in [2.45, 2.75) is 168 Å². The normalized spacial score (nSPS) is 41.4. The van der Waals surface area contributed by atoms with Gasteiger partial charge in [-0.1, -0.05) is 5.57 Å². The Kier molecular flexibility index (Phi) is 15.8. The van der Waals surface area contributed by atoms with E-state index in [1.807, 2.05) is 6.92 Å². The van der Waals surface area contributed by atoms with Gasteiger partial charge >= 0.3 is 17.9 Å². The number of rotatable bonds is 9. The van der Waals surface area contributed by atoms with Crippen molar-refractivity contribution < 1.29 is 33.8 Å². The van der Waals surface area contributed by atoms with Gasteiger partial charge in [-0.25, -0.2) is 4.79 Å². The third-order valence-electron chi connectivity index (χ3n) is 18.8.